The number of nitrogens with zero attached hydrogens (tertiary/aromatic N) is 2. The number of aliphatic carboxylic acids is 1. The van der Waals surface area contributed by atoms with Crippen molar-refractivity contribution in [3.8, 4) is 10.6 Å². The maximum absolute atomic E-state index is 13.4. The first-order valence-electron chi connectivity index (χ1n) is 12.3. The number of carbonyl (C=O) groups excluding carboxylic acids is 1. The molecule has 0 radical (unpaired) electrons. The van der Waals surface area contributed by atoms with E-state index in [1.54, 1.807) is 35.2 Å². The molecule has 5 rings (SSSR count). The van der Waals surface area contributed by atoms with Crippen LogP contribution in [0.4, 0.5) is 18.0 Å². The molecule has 214 valence electrons. The number of likely N-dealkylation sites (tertiary alicyclic amines) is 1. The number of carboxylic acids is 1. The van der Waals surface area contributed by atoms with E-state index in [1.165, 1.54) is 6.07 Å². The molecule has 3 heterocycles. The molecule has 1 amide bonds. The summed E-state index contributed by atoms with van der Waals surface area (Å²) in [5.74, 6) is -2.80. The number of hydrogen-bond donors (Lipinski definition) is 2. The average Bonchev–Trinajstić information content (AvgIpc) is 3.30. The molecule has 1 saturated carbocycles. The molecule has 0 spiro atoms. The number of alkyl halides is 3. The van der Waals surface area contributed by atoms with Crippen molar-refractivity contribution in [2.45, 2.75) is 47.0 Å². The Kier molecular flexibility index (Phi) is 7.17. The van der Waals surface area contributed by atoms with Gasteiger partial charge in [0.1, 0.15) is 22.0 Å². The number of thiophene rings is 1. The van der Waals surface area contributed by atoms with E-state index in [0.29, 0.717) is 36.1 Å². The minimum atomic E-state index is -4.77. The van der Waals surface area contributed by atoms with E-state index in [9.17, 15) is 36.3 Å². The number of ether oxygens (including phenoxy) is 1. The molecule has 2 atom stereocenters. The number of sulfonamides is 1. The Bertz CT molecular complexity index is 1520. The molecule has 1 aliphatic carbocycles. The summed E-state index contributed by atoms with van der Waals surface area (Å²) in [7, 11) is -4.49. The predicted octanol–water partition coefficient (Wildman–Crippen LogP) is 4.49. The molecular formula is C25H24F3N3O7S2. The van der Waals surface area contributed by atoms with Gasteiger partial charge in [-0.25, -0.2) is 13.2 Å². The first kappa shape index (κ1) is 28.1. The van der Waals surface area contributed by atoms with Crippen molar-refractivity contribution >= 4 is 33.4 Å². The fourth-order valence-corrected chi connectivity index (χ4v) is 7.67. The molecular weight excluding hydrogens is 575 g/mol. The highest BCUT2D eigenvalue weighted by Crippen LogP contribution is 2.59. The van der Waals surface area contributed by atoms with Gasteiger partial charge in [-0.2, -0.15) is 17.9 Å². The van der Waals surface area contributed by atoms with Gasteiger partial charge in [-0.3, -0.25) is 4.79 Å². The second kappa shape index (κ2) is 10.2. The largest absolute Gasteiger partial charge is 0.480 e. The smallest absolute Gasteiger partial charge is 0.452 e. The van der Waals surface area contributed by atoms with E-state index in [1.807, 2.05) is 0 Å². The van der Waals surface area contributed by atoms with E-state index in [-0.39, 0.29) is 27.8 Å². The van der Waals surface area contributed by atoms with E-state index in [4.69, 9.17) is 4.74 Å². The Labute approximate surface area is 230 Å². The first-order valence-corrected chi connectivity index (χ1v) is 14.6. The molecule has 40 heavy (non-hydrogen) atoms. The quantitative estimate of drug-likeness (QED) is 0.386. The van der Waals surface area contributed by atoms with Crippen molar-refractivity contribution in [3.05, 3.63) is 59.9 Å². The van der Waals surface area contributed by atoms with Crippen molar-refractivity contribution in [1.82, 2.24) is 14.8 Å². The normalized spacial score (nSPS) is 23.1. The summed E-state index contributed by atoms with van der Waals surface area (Å²) in [6.07, 6.45) is -2.91. The summed E-state index contributed by atoms with van der Waals surface area (Å²) >= 11 is 0.605. The van der Waals surface area contributed by atoms with Crippen LogP contribution in [0.15, 0.2) is 57.3 Å². The number of nitrogens with one attached hydrogen (secondary N) is 1. The van der Waals surface area contributed by atoms with E-state index < -0.39 is 45.0 Å². The van der Waals surface area contributed by atoms with Crippen molar-refractivity contribution in [3.63, 3.8) is 0 Å². The predicted molar refractivity (Wildman–Crippen MR) is 135 cm³/mol. The average molecular weight is 600 g/mol. The monoisotopic (exact) mass is 599 g/mol. The Morgan fingerprint density at radius 2 is 1.82 bits per heavy atom. The van der Waals surface area contributed by atoms with Crippen LogP contribution in [-0.2, 0) is 31.1 Å². The van der Waals surface area contributed by atoms with Crippen LogP contribution in [0.25, 0.3) is 10.6 Å². The van der Waals surface area contributed by atoms with E-state index in [0.717, 1.165) is 25.3 Å². The summed E-state index contributed by atoms with van der Waals surface area (Å²) in [5.41, 5.74) is -3.19. The Morgan fingerprint density at radius 3 is 2.45 bits per heavy atom. The van der Waals surface area contributed by atoms with Crippen LogP contribution >= 0.6 is 11.3 Å². The lowest BCUT2D eigenvalue weighted by atomic mass is 9.91. The van der Waals surface area contributed by atoms with Gasteiger partial charge >= 0.3 is 18.2 Å². The molecule has 2 aromatic heterocycles. The summed E-state index contributed by atoms with van der Waals surface area (Å²) in [5, 5.41) is 13.6. The third-order valence-electron chi connectivity index (χ3n) is 7.20. The maximum Gasteiger partial charge on any atom is 0.452 e. The SMILES string of the molecule is O=C(OC[C@@]1(c2ccccc2)C[C@]1(NS(=O)(=O)c1ccc(-c2cc(C(F)(F)F)on2)s1)C(=O)O)N1CCCCC1. The molecule has 1 saturated heterocycles. The molecule has 2 fully saturated rings. The molecule has 10 nitrogen and oxygen atoms in total. The van der Waals surface area contributed by atoms with Crippen LogP contribution < -0.4 is 4.72 Å². The number of carbonyl (C=O) groups is 2. The summed E-state index contributed by atoms with van der Waals surface area (Å²) in [6.45, 7) is 0.658. The molecule has 0 unspecified atom stereocenters. The van der Waals surface area contributed by atoms with Crippen molar-refractivity contribution in [1.29, 1.82) is 0 Å². The third-order valence-corrected chi connectivity index (χ3v) is 10.3. The summed E-state index contributed by atoms with van der Waals surface area (Å²) in [6, 6.07) is 11.4. The first-order chi connectivity index (χ1) is 18.9. The highest BCUT2D eigenvalue weighted by molar-refractivity contribution is 7.91. The Hall–Kier alpha value is -3.43. The lowest BCUT2D eigenvalue weighted by Gasteiger charge is -2.28. The van der Waals surface area contributed by atoms with Crippen LogP contribution in [0.1, 0.15) is 37.0 Å². The van der Waals surface area contributed by atoms with Gasteiger partial charge in [0.15, 0.2) is 0 Å². The number of benzene rings is 1. The summed E-state index contributed by atoms with van der Waals surface area (Å²) < 4.78 is 77.3. The molecule has 1 aromatic carbocycles. The van der Waals surface area contributed by atoms with Gasteiger partial charge in [-0.15, -0.1) is 11.3 Å². The highest BCUT2D eigenvalue weighted by Gasteiger charge is 2.75. The number of halogens is 3. The molecule has 2 aliphatic rings. The fourth-order valence-electron chi connectivity index (χ4n) is 4.99. The van der Waals surface area contributed by atoms with Gasteiger partial charge in [0.2, 0.25) is 5.76 Å². The Balaban J connectivity index is 1.42. The fraction of sp³-hybridized carbons (Fsp3) is 0.400. The number of piperidine rings is 1. The van der Waals surface area contributed by atoms with Crippen molar-refractivity contribution < 1.29 is 45.5 Å². The van der Waals surface area contributed by atoms with Gasteiger partial charge < -0.3 is 19.3 Å². The third kappa shape index (κ3) is 5.08. The number of hydrogen-bond acceptors (Lipinski definition) is 8. The number of rotatable bonds is 8. The second-order valence-corrected chi connectivity index (χ2v) is 12.7. The zero-order chi connectivity index (χ0) is 28.8. The lowest BCUT2D eigenvalue weighted by Crippen LogP contribution is -2.50. The molecule has 2 N–H and O–H groups in total. The van der Waals surface area contributed by atoms with Crippen LogP contribution in [-0.4, -0.2) is 60.9 Å². The van der Waals surface area contributed by atoms with E-state index >= 15 is 0 Å². The van der Waals surface area contributed by atoms with Crippen LogP contribution in [0.3, 0.4) is 0 Å². The van der Waals surface area contributed by atoms with Crippen molar-refractivity contribution in [2.75, 3.05) is 19.7 Å². The number of carboxylic acid groups (broad SMARTS) is 1. The molecule has 0 bridgehead atoms. The standard InChI is InChI=1S/C25H24F3N3O7S2/c26-25(27,28)19-13-17(29-38-19)18-9-10-20(39-18)40(35,36)30-24(21(32)33)14-23(24,16-7-3-1-4-8-16)15-37-22(34)31-11-5-2-6-12-31/h1,3-4,7-10,13,30H,2,5-6,11-12,14-15H2,(H,32,33)/t23-,24+/m1/s1. The van der Waals surface area contributed by atoms with Crippen LogP contribution in [0.2, 0.25) is 0 Å². The second-order valence-electron chi connectivity index (χ2n) is 9.74. The highest BCUT2D eigenvalue weighted by atomic mass is 32.2. The van der Waals surface area contributed by atoms with E-state index in [2.05, 4.69) is 14.4 Å². The Morgan fingerprint density at radius 1 is 1.12 bits per heavy atom. The number of amides is 1. The molecule has 15 heteroatoms. The topological polar surface area (TPSA) is 139 Å². The molecule has 1 aliphatic heterocycles. The number of aromatic nitrogens is 1. The van der Waals surface area contributed by atoms with Gasteiger partial charge in [-0.05, 0) is 43.4 Å². The van der Waals surface area contributed by atoms with Crippen LogP contribution in [0.5, 0.6) is 0 Å². The minimum Gasteiger partial charge on any atom is -0.480 e. The van der Waals surface area contributed by atoms with Gasteiger partial charge in [-0.1, -0.05) is 35.5 Å². The molecule has 3 aromatic rings. The van der Waals surface area contributed by atoms with Crippen molar-refractivity contribution in [2.24, 2.45) is 0 Å². The summed E-state index contributed by atoms with van der Waals surface area (Å²) in [4.78, 5) is 27.0. The van der Waals surface area contributed by atoms with Gasteiger partial charge in [0.05, 0.1) is 10.3 Å². The van der Waals surface area contributed by atoms with Gasteiger partial charge in [0.25, 0.3) is 10.0 Å². The van der Waals surface area contributed by atoms with Crippen LogP contribution in [0, 0.1) is 0 Å². The zero-order valence-corrected chi connectivity index (χ0v) is 22.4. The maximum atomic E-state index is 13.4. The minimum absolute atomic E-state index is 0.0737. The zero-order valence-electron chi connectivity index (χ0n) is 20.8. The van der Waals surface area contributed by atoms with Gasteiger partial charge in [0, 0.05) is 19.2 Å². The lowest BCUT2D eigenvalue weighted by molar-refractivity contribution is -0.155.